The van der Waals surface area contributed by atoms with Crippen molar-refractivity contribution in [3.05, 3.63) is 89.5 Å². The van der Waals surface area contributed by atoms with Gasteiger partial charge in [0.15, 0.2) is 0 Å². The lowest BCUT2D eigenvalue weighted by Crippen LogP contribution is -2.10. The topological polar surface area (TPSA) is 40.8 Å². The molecule has 0 atom stereocenters. The van der Waals surface area contributed by atoms with Gasteiger partial charge in [-0.1, -0.05) is 43.8 Å². The monoisotopic (exact) mass is 379 g/mol. The van der Waals surface area contributed by atoms with Crippen molar-refractivity contribution in [2.24, 2.45) is 0 Å². The third-order valence-electron chi connectivity index (χ3n) is 5.60. The second-order valence-corrected chi connectivity index (χ2v) is 7.32. The summed E-state index contributed by atoms with van der Waals surface area (Å²) in [6.45, 7) is 10.2. The highest BCUT2D eigenvalue weighted by atomic mass is 15.0. The van der Waals surface area contributed by atoms with Crippen molar-refractivity contribution in [2.45, 2.75) is 33.4 Å². The molecule has 0 unspecified atom stereocenters. The molecular weight excluding hydrogens is 354 g/mol. The number of aryl methyl sites for hydroxylation is 2. The number of fused-ring (bicyclic) bond motifs is 3. The third-order valence-corrected chi connectivity index (χ3v) is 5.60. The molecule has 0 fully saturated rings. The van der Waals surface area contributed by atoms with Crippen LogP contribution >= 0.6 is 0 Å². The number of nitrogens with zero attached hydrogens (tertiary/aromatic N) is 2. The van der Waals surface area contributed by atoms with Crippen molar-refractivity contribution in [3.63, 3.8) is 0 Å². The summed E-state index contributed by atoms with van der Waals surface area (Å²) in [5.74, 6) is 0. The van der Waals surface area contributed by atoms with Crippen molar-refractivity contribution >= 4 is 27.5 Å². The Balaban J connectivity index is 1.66. The number of hydrogen-bond acceptors (Lipinski definition) is 2. The molecule has 3 nitrogen and oxygen atoms in total. The molecule has 0 spiro atoms. The van der Waals surface area contributed by atoms with Crippen LogP contribution in [0.15, 0.2) is 67.2 Å². The molecule has 3 heteroatoms. The summed E-state index contributed by atoms with van der Waals surface area (Å²) in [5.41, 5.74) is 7.59. The Bertz CT molecular complexity index is 1240. The van der Waals surface area contributed by atoms with Crippen molar-refractivity contribution in [3.8, 4) is 6.07 Å². The Morgan fingerprint density at radius 1 is 0.931 bits per heavy atom. The number of rotatable bonds is 6. The van der Waals surface area contributed by atoms with Gasteiger partial charge in [-0.15, -0.1) is 0 Å². The van der Waals surface area contributed by atoms with Gasteiger partial charge in [-0.2, -0.15) is 5.26 Å². The van der Waals surface area contributed by atoms with E-state index in [1.54, 1.807) is 0 Å². The van der Waals surface area contributed by atoms with Crippen LogP contribution in [0.3, 0.4) is 0 Å². The van der Waals surface area contributed by atoms with Crippen LogP contribution in [0.1, 0.15) is 36.1 Å². The zero-order valence-corrected chi connectivity index (χ0v) is 17.0. The molecule has 0 aliphatic rings. The minimum atomic E-state index is 0.686. The molecule has 0 radical (unpaired) electrons. The Hall–Kier alpha value is -3.51. The fraction of sp³-hybridized carbons (Fsp3) is 0.192. The first kappa shape index (κ1) is 18.8. The summed E-state index contributed by atoms with van der Waals surface area (Å²) in [5, 5.41) is 15.0. The Labute approximate surface area is 171 Å². The quantitative estimate of drug-likeness (QED) is 0.446. The normalized spacial score (nSPS) is 10.9. The first-order valence-corrected chi connectivity index (χ1v) is 10.1. The van der Waals surface area contributed by atoms with E-state index < -0.39 is 0 Å². The second-order valence-electron chi connectivity index (χ2n) is 7.32. The standard InChI is InChI=1S/C26H25N3/c1-4-19-6-8-20(9-7-19)17-28-18(3)22-11-13-26-24(15-22)23-14-21(16-27)10-12-25(23)29(26)5-2/h6-15,28H,3-5,17H2,1-2H3. The van der Waals surface area contributed by atoms with E-state index >= 15 is 0 Å². The average Bonchev–Trinajstić information content (AvgIpc) is 3.09. The summed E-state index contributed by atoms with van der Waals surface area (Å²) in [6, 6.07) is 23.3. The van der Waals surface area contributed by atoms with E-state index in [-0.39, 0.29) is 0 Å². The first-order valence-electron chi connectivity index (χ1n) is 10.1. The van der Waals surface area contributed by atoms with Gasteiger partial charge in [0.25, 0.3) is 0 Å². The molecule has 4 rings (SSSR count). The molecule has 0 aliphatic heterocycles. The lowest BCUT2D eigenvalue weighted by Gasteiger charge is -2.11. The predicted molar refractivity (Wildman–Crippen MR) is 122 cm³/mol. The first-order chi connectivity index (χ1) is 14.1. The van der Waals surface area contributed by atoms with Gasteiger partial charge in [-0.25, -0.2) is 0 Å². The largest absolute Gasteiger partial charge is 0.381 e. The van der Waals surface area contributed by atoms with E-state index in [0.717, 1.165) is 47.1 Å². The van der Waals surface area contributed by atoms with Crippen molar-refractivity contribution in [1.82, 2.24) is 9.88 Å². The molecule has 0 aliphatic carbocycles. The van der Waals surface area contributed by atoms with Crippen molar-refractivity contribution in [1.29, 1.82) is 5.26 Å². The molecule has 4 aromatic rings. The summed E-state index contributed by atoms with van der Waals surface area (Å²) in [6.07, 6.45) is 1.05. The SMILES string of the molecule is C=C(NCc1ccc(CC)cc1)c1ccc2c(c1)c1cc(C#N)ccc1n2CC. The molecule has 1 aromatic heterocycles. The molecule has 0 saturated carbocycles. The number of nitriles is 1. The van der Waals surface area contributed by atoms with Gasteiger partial charge in [0, 0.05) is 40.6 Å². The molecule has 0 amide bonds. The van der Waals surface area contributed by atoms with Crippen LogP contribution in [-0.4, -0.2) is 4.57 Å². The molecule has 1 N–H and O–H groups in total. The minimum Gasteiger partial charge on any atom is -0.381 e. The zero-order chi connectivity index (χ0) is 20.4. The van der Waals surface area contributed by atoms with Crippen LogP contribution in [-0.2, 0) is 19.5 Å². The van der Waals surface area contributed by atoms with Gasteiger partial charge < -0.3 is 9.88 Å². The van der Waals surface area contributed by atoms with Gasteiger partial charge in [0.2, 0.25) is 0 Å². The average molecular weight is 380 g/mol. The van der Waals surface area contributed by atoms with Crippen LogP contribution in [0.5, 0.6) is 0 Å². The van der Waals surface area contributed by atoms with Crippen LogP contribution in [0, 0.1) is 11.3 Å². The maximum Gasteiger partial charge on any atom is 0.0991 e. The van der Waals surface area contributed by atoms with Crippen molar-refractivity contribution in [2.75, 3.05) is 0 Å². The Kier molecular flexibility index (Phi) is 5.10. The van der Waals surface area contributed by atoms with Gasteiger partial charge in [0.05, 0.1) is 11.6 Å². The van der Waals surface area contributed by atoms with E-state index in [4.69, 9.17) is 0 Å². The van der Waals surface area contributed by atoms with Gasteiger partial charge in [0.1, 0.15) is 0 Å². The van der Waals surface area contributed by atoms with Crippen LogP contribution in [0.25, 0.3) is 27.5 Å². The highest BCUT2D eigenvalue weighted by molar-refractivity contribution is 6.09. The van der Waals surface area contributed by atoms with E-state index in [1.807, 2.05) is 18.2 Å². The summed E-state index contributed by atoms with van der Waals surface area (Å²) < 4.78 is 2.29. The Morgan fingerprint density at radius 2 is 1.59 bits per heavy atom. The molecule has 0 bridgehead atoms. The molecule has 144 valence electrons. The zero-order valence-electron chi connectivity index (χ0n) is 17.0. The second kappa shape index (κ2) is 7.85. The molecule has 1 heterocycles. The van der Waals surface area contributed by atoms with E-state index in [2.05, 4.69) is 78.8 Å². The number of nitrogens with one attached hydrogen (secondary N) is 1. The Morgan fingerprint density at radius 3 is 2.24 bits per heavy atom. The fourth-order valence-electron chi connectivity index (χ4n) is 3.91. The predicted octanol–water partition coefficient (Wildman–Crippen LogP) is 6.01. The number of aromatic nitrogens is 1. The van der Waals surface area contributed by atoms with Gasteiger partial charge in [-0.05, 0) is 60.4 Å². The number of benzene rings is 3. The number of hydrogen-bond donors (Lipinski definition) is 1. The van der Waals surface area contributed by atoms with E-state index in [9.17, 15) is 5.26 Å². The van der Waals surface area contributed by atoms with Crippen LogP contribution in [0.2, 0.25) is 0 Å². The molecule has 3 aromatic carbocycles. The van der Waals surface area contributed by atoms with E-state index in [0.29, 0.717) is 5.56 Å². The van der Waals surface area contributed by atoms with Gasteiger partial charge in [-0.3, -0.25) is 0 Å². The minimum absolute atomic E-state index is 0.686. The van der Waals surface area contributed by atoms with Crippen molar-refractivity contribution < 1.29 is 0 Å². The van der Waals surface area contributed by atoms with Crippen LogP contribution < -0.4 is 5.32 Å². The summed E-state index contributed by atoms with van der Waals surface area (Å²) >= 11 is 0. The lowest BCUT2D eigenvalue weighted by atomic mass is 10.1. The maximum atomic E-state index is 9.31. The van der Waals surface area contributed by atoms with Crippen LogP contribution in [0.4, 0.5) is 0 Å². The summed E-state index contributed by atoms with van der Waals surface area (Å²) in [4.78, 5) is 0. The highest BCUT2D eigenvalue weighted by Gasteiger charge is 2.12. The van der Waals surface area contributed by atoms with E-state index in [1.165, 1.54) is 16.6 Å². The maximum absolute atomic E-state index is 9.31. The summed E-state index contributed by atoms with van der Waals surface area (Å²) in [7, 11) is 0. The molecular formula is C26H25N3. The fourth-order valence-corrected chi connectivity index (χ4v) is 3.91. The highest BCUT2D eigenvalue weighted by Crippen LogP contribution is 2.31. The molecule has 0 saturated heterocycles. The smallest absolute Gasteiger partial charge is 0.0991 e. The van der Waals surface area contributed by atoms with Gasteiger partial charge >= 0.3 is 0 Å². The lowest BCUT2D eigenvalue weighted by molar-refractivity contribution is 0.827. The third kappa shape index (κ3) is 3.50. The molecule has 29 heavy (non-hydrogen) atoms.